The molecule has 0 unspecified atom stereocenters. The molecule has 0 spiro atoms. The number of H-pyrrole nitrogens is 1. The number of ether oxygens (including phenoxy) is 1. The first-order valence-corrected chi connectivity index (χ1v) is 7.28. The van der Waals surface area contributed by atoms with Crippen molar-refractivity contribution in [3.63, 3.8) is 0 Å². The molecule has 0 bridgehead atoms. The predicted octanol–water partition coefficient (Wildman–Crippen LogP) is 5.16. The molecule has 0 fully saturated rings. The zero-order valence-electron chi connectivity index (χ0n) is 12.2. The highest BCUT2D eigenvalue weighted by Gasteiger charge is 2.12. The minimum atomic E-state index is -0.396. The molecule has 0 amide bonds. The normalized spacial score (nSPS) is 10.8. The molecule has 1 heterocycles. The molecule has 112 valence electrons. The number of hydrogen-bond donors (Lipinski definition) is 1. The fraction of sp³-hybridized carbons (Fsp3) is 0. The van der Waals surface area contributed by atoms with E-state index < -0.39 is 5.82 Å². The van der Waals surface area contributed by atoms with E-state index in [1.807, 2.05) is 42.5 Å². The Labute approximate surface area is 132 Å². The van der Waals surface area contributed by atoms with Crippen molar-refractivity contribution in [2.45, 2.75) is 0 Å². The Kier molecular flexibility index (Phi) is 3.27. The van der Waals surface area contributed by atoms with E-state index in [1.54, 1.807) is 24.3 Å². The van der Waals surface area contributed by atoms with E-state index >= 15 is 0 Å². The molecule has 23 heavy (non-hydrogen) atoms. The number of para-hydroxylation sites is 4. The number of aromatic nitrogens is 2. The molecule has 4 aromatic rings. The summed E-state index contributed by atoms with van der Waals surface area (Å²) in [4.78, 5) is 7.85. The lowest BCUT2D eigenvalue weighted by Gasteiger charge is -2.10. The van der Waals surface area contributed by atoms with E-state index in [1.165, 1.54) is 6.07 Å². The van der Waals surface area contributed by atoms with E-state index in [-0.39, 0.29) is 5.75 Å². The number of halogens is 1. The zero-order chi connectivity index (χ0) is 15.6. The zero-order valence-corrected chi connectivity index (χ0v) is 12.2. The van der Waals surface area contributed by atoms with Crippen LogP contribution in [0.15, 0.2) is 72.8 Å². The average Bonchev–Trinajstić information content (AvgIpc) is 3.01. The van der Waals surface area contributed by atoms with Crippen LogP contribution in [0, 0.1) is 5.82 Å². The fourth-order valence-electron chi connectivity index (χ4n) is 2.48. The molecular formula is C19H13FN2O. The highest BCUT2D eigenvalue weighted by atomic mass is 19.1. The van der Waals surface area contributed by atoms with E-state index in [9.17, 15) is 4.39 Å². The molecular weight excluding hydrogens is 291 g/mol. The first-order valence-electron chi connectivity index (χ1n) is 7.28. The number of rotatable bonds is 3. The van der Waals surface area contributed by atoms with Crippen LogP contribution in [0.3, 0.4) is 0 Å². The van der Waals surface area contributed by atoms with Gasteiger partial charge in [-0.1, -0.05) is 36.4 Å². The maximum atomic E-state index is 13.8. The van der Waals surface area contributed by atoms with Crippen LogP contribution in [0.1, 0.15) is 0 Å². The smallest absolute Gasteiger partial charge is 0.165 e. The molecule has 1 aromatic heterocycles. The summed E-state index contributed by atoms with van der Waals surface area (Å²) in [6, 6.07) is 21.6. The fourth-order valence-corrected chi connectivity index (χ4v) is 2.48. The molecule has 1 N–H and O–H groups in total. The molecule has 0 saturated carbocycles. The largest absolute Gasteiger partial charge is 0.454 e. The molecule has 3 nitrogen and oxygen atoms in total. The van der Waals surface area contributed by atoms with E-state index in [0.717, 1.165) is 16.6 Å². The van der Waals surface area contributed by atoms with Crippen molar-refractivity contribution in [1.82, 2.24) is 9.97 Å². The van der Waals surface area contributed by atoms with Gasteiger partial charge in [-0.15, -0.1) is 0 Å². The van der Waals surface area contributed by atoms with Gasteiger partial charge in [0.15, 0.2) is 11.6 Å². The summed E-state index contributed by atoms with van der Waals surface area (Å²) >= 11 is 0. The number of nitrogens with zero attached hydrogens (tertiary/aromatic N) is 1. The molecule has 4 heteroatoms. The lowest BCUT2D eigenvalue weighted by molar-refractivity contribution is 0.443. The van der Waals surface area contributed by atoms with Crippen LogP contribution in [0.2, 0.25) is 0 Å². The Morgan fingerprint density at radius 3 is 2.30 bits per heavy atom. The van der Waals surface area contributed by atoms with Gasteiger partial charge in [0.25, 0.3) is 0 Å². The van der Waals surface area contributed by atoms with Gasteiger partial charge in [-0.05, 0) is 36.4 Å². The summed E-state index contributed by atoms with van der Waals surface area (Å²) < 4.78 is 19.6. The predicted molar refractivity (Wildman–Crippen MR) is 88.0 cm³/mol. The van der Waals surface area contributed by atoms with Gasteiger partial charge in [0, 0.05) is 0 Å². The average molecular weight is 304 g/mol. The molecule has 4 rings (SSSR count). The highest BCUT2D eigenvalue weighted by molar-refractivity contribution is 5.80. The van der Waals surface area contributed by atoms with Crippen molar-refractivity contribution in [1.29, 1.82) is 0 Å². The van der Waals surface area contributed by atoms with Gasteiger partial charge in [-0.25, -0.2) is 9.37 Å². The van der Waals surface area contributed by atoms with Crippen molar-refractivity contribution in [2.24, 2.45) is 0 Å². The Hall–Kier alpha value is -3.14. The molecule has 0 aliphatic carbocycles. The van der Waals surface area contributed by atoms with Crippen molar-refractivity contribution in [3.8, 4) is 22.9 Å². The number of nitrogens with one attached hydrogen (secondary N) is 1. The summed E-state index contributed by atoms with van der Waals surface area (Å²) in [5.41, 5.74) is 2.61. The van der Waals surface area contributed by atoms with E-state index in [0.29, 0.717) is 11.6 Å². The van der Waals surface area contributed by atoms with Crippen molar-refractivity contribution in [2.75, 3.05) is 0 Å². The van der Waals surface area contributed by atoms with Crippen LogP contribution >= 0.6 is 0 Å². The van der Waals surface area contributed by atoms with Gasteiger partial charge in [0.2, 0.25) is 0 Å². The summed E-state index contributed by atoms with van der Waals surface area (Å²) in [6.45, 7) is 0. The van der Waals surface area contributed by atoms with Crippen molar-refractivity contribution in [3.05, 3.63) is 78.6 Å². The second kappa shape index (κ2) is 5.57. The quantitative estimate of drug-likeness (QED) is 0.567. The van der Waals surface area contributed by atoms with Crippen molar-refractivity contribution < 1.29 is 9.13 Å². The summed E-state index contributed by atoms with van der Waals surface area (Å²) in [5, 5.41) is 0. The van der Waals surface area contributed by atoms with Gasteiger partial charge >= 0.3 is 0 Å². The van der Waals surface area contributed by atoms with E-state index in [2.05, 4.69) is 9.97 Å². The van der Waals surface area contributed by atoms with Gasteiger partial charge in [-0.2, -0.15) is 0 Å². The minimum Gasteiger partial charge on any atom is -0.454 e. The molecule has 0 aliphatic rings. The molecule has 0 atom stereocenters. The van der Waals surface area contributed by atoms with Gasteiger partial charge in [-0.3, -0.25) is 0 Å². The number of fused-ring (bicyclic) bond motifs is 1. The third-order valence-corrected chi connectivity index (χ3v) is 3.59. The third-order valence-electron chi connectivity index (χ3n) is 3.59. The van der Waals surface area contributed by atoms with Crippen molar-refractivity contribution >= 4 is 11.0 Å². The van der Waals surface area contributed by atoms with Crippen LogP contribution in [0.4, 0.5) is 4.39 Å². The molecule has 0 aliphatic heterocycles. The monoisotopic (exact) mass is 304 g/mol. The Morgan fingerprint density at radius 2 is 1.48 bits per heavy atom. The van der Waals surface area contributed by atoms with Crippen LogP contribution in [-0.4, -0.2) is 9.97 Å². The first-order chi connectivity index (χ1) is 11.3. The Morgan fingerprint density at radius 1 is 0.783 bits per heavy atom. The second-order valence-corrected chi connectivity index (χ2v) is 5.13. The Balaban J connectivity index is 1.79. The maximum Gasteiger partial charge on any atom is 0.165 e. The first kappa shape index (κ1) is 13.5. The number of hydrogen-bond acceptors (Lipinski definition) is 2. The second-order valence-electron chi connectivity index (χ2n) is 5.13. The summed E-state index contributed by atoms with van der Waals surface area (Å²) in [7, 11) is 0. The summed E-state index contributed by atoms with van der Waals surface area (Å²) in [5.74, 6) is 1.04. The standard InChI is InChI=1S/C19H13FN2O/c20-14-8-2-6-12-18(14)23-17-11-5-1-7-13(17)19-21-15-9-3-4-10-16(15)22-19/h1-12H,(H,21,22). The van der Waals surface area contributed by atoms with Gasteiger partial charge in [0.05, 0.1) is 16.6 Å². The Bertz CT molecular complexity index is 945. The maximum absolute atomic E-state index is 13.8. The SMILES string of the molecule is Fc1ccccc1Oc1ccccc1-c1nc2ccccc2[nH]1. The van der Waals surface area contributed by atoms with Gasteiger partial charge < -0.3 is 9.72 Å². The minimum absolute atomic E-state index is 0.191. The lowest BCUT2D eigenvalue weighted by atomic mass is 10.2. The number of imidazole rings is 1. The molecule has 0 radical (unpaired) electrons. The summed E-state index contributed by atoms with van der Waals surface area (Å²) in [6.07, 6.45) is 0. The number of aromatic amines is 1. The topological polar surface area (TPSA) is 37.9 Å². The van der Waals surface area contributed by atoms with Crippen LogP contribution in [-0.2, 0) is 0 Å². The highest BCUT2D eigenvalue weighted by Crippen LogP contribution is 2.33. The van der Waals surface area contributed by atoms with Crippen LogP contribution in [0.25, 0.3) is 22.4 Å². The van der Waals surface area contributed by atoms with Crippen LogP contribution in [0.5, 0.6) is 11.5 Å². The van der Waals surface area contributed by atoms with Crippen LogP contribution < -0.4 is 4.74 Å². The molecule has 3 aromatic carbocycles. The molecule has 0 saturated heterocycles. The lowest BCUT2D eigenvalue weighted by Crippen LogP contribution is -1.91. The number of benzene rings is 3. The third kappa shape index (κ3) is 2.55. The van der Waals surface area contributed by atoms with Gasteiger partial charge in [0.1, 0.15) is 11.6 Å². The van der Waals surface area contributed by atoms with E-state index in [4.69, 9.17) is 4.74 Å².